The zero-order valence-corrected chi connectivity index (χ0v) is 6.56. The van der Waals surface area contributed by atoms with Gasteiger partial charge in [0.2, 0.25) is 0 Å². The van der Waals surface area contributed by atoms with E-state index in [0.29, 0.717) is 0 Å². The highest BCUT2D eigenvalue weighted by Gasteiger charge is 2.19. The molecule has 0 aromatic heterocycles. The Morgan fingerprint density at radius 2 is 2.36 bits per heavy atom. The molecule has 0 saturated heterocycles. The van der Waals surface area contributed by atoms with Gasteiger partial charge >= 0.3 is 0 Å². The van der Waals surface area contributed by atoms with Crippen molar-refractivity contribution in [1.29, 1.82) is 0 Å². The van der Waals surface area contributed by atoms with Crippen molar-refractivity contribution in [3.8, 4) is 5.75 Å². The Bertz CT molecular complexity index is 290. The first-order valence-electron chi connectivity index (χ1n) is 3.28. The average Bonchev–Trinajstić information content (AvgIpc) is 2.31. The van der Waals surface area contributed by atoms with E-state index in [1.165, 1.54) is 11.8 Å². The average molecular weight is 168 g/mol. The molecule has 1 aromatic carbocycles. The van der Waals surface area contributed by atoms with Gasteiger partial charge in [-0.1, -0.05) is 17.8 Å². The van der Waals surface area contributed by atoms with Crippen molar-refractivity contribution in [2.45, 2.75) is 10.4 Å². The van der Waals surface area contributed by atoms with Gasteiger partial charge in [0.25, 0.3) is 0 Å². The Kier molecular flexibility index (Phi) is 1.44. The molecule has 0 saturated carbocycles. The lowest BCUT2D eigenvalue weighted by Gasteiger charge is -2.02. The maximum absolute atomic E-state index is 9.32. The number of anilines is 1. The van der Waals surface area contributed by atoms with E-state index in [-0.39, 0.29) is 11.2 Å². The third kappa shape index (κ3) is 1.04. The van der Waals surface area contributed by atoms with Gasteiger partial charge in [0.15, 0.2) is 0 Å². The highest BCUT2D eigenvalue weighted by molar-refractivity contribution is 8.00. The van der Waals surface area contributed by atoms with Gasteiger partial charge in [0.05, 0.1) is 5.69 Å². The summed E-state index contributed by atoms with van der Waals surface area (Å²) in [4.78, 5) is 1.01. The number of rotatable bonds is 0. The molecular formula is C7H8N2OS. The third-order valence-corrected chi connectivity index (χ3v) is 2.51. The van der Waals surface area contributed by atoms with E-state index in [4.69, 9.17) is 5.73 Å². The van der Waals surface area contributed by atoms with E-state index < -0.39 is 0 Å². The fraction of sp³-hybridized carbons (Fsp3) is 0.143. The molecular weight excluding hydrogens is 160 g/mol. The Labute approximate surface area is 68.6 Å². The maximum atomic E-state index is 9.32. The number of hydrogen-bond donors (Lipinski definition) is 3. The molecule has 0 amide bonds. The number of hydrogen-bond acceptors (Lipinski definition) is 4. The van der Waals surface area contributed by atoms with Crippen LogP contribution in [0.5, 0.6) is 5.75 Å². The minimum Gasteiger partial charge on any atom is -0.506 e. The standard InChI is InChI=1S/C7H8N2OS/c8-7-9-6-4(10)2-1-3-5(6)11-7/h1-3,7,9-10H,8H2. The SMILES string of the molecule is NC1Nc2c(O)cccc2S1. The van der Waals surface area contributed by atoms with Gasteiger partial charge in [-0.15, -0.1) is 0 Å². The van der Waals surface area contributed by atoms with Crippen molar-refractivity contribution in [3.05, 3.63) is 18.2 Å². The van der Waals surface area contributed by atoms with E-state index in [9.17, 15) is 5.11 Å². The molecule has 1 heterocycles. The summed E-state index contributed by atoms with van der Waals surface area (Å²) in [5, 5.41) is 12.3. The quantitative estimate of drug-likeness (QED) is 0.509. The number of para-hydroxylation sites is 1. The molecule has 0 fully saturated rings. The van der Waals surface area contributed by atoms with Crippen LogP contribution < -0.4 is 11.1 Å². The number of thioether (sulfide) groups is 1. The predicted octanol–water partition coefficient (Wildman–Crippen LogP) is 1.15. The second-order valence-electron chi connectivity index (χ2n) is 2.33. The molecule has 1 aliphatic rings. The summed E-state index contributed by atoms with van der Waals surface area (Å²) < 4.78 is 0. The van der Waals surface area contributed by atoms with E-state index in [0.717, 1.165) is 10.6 Å². The van der Waals surface area contributed by atoms with Crippen molar-refractivity contribution in [2.24, 2.45) is 5.73 Å². The Hall–Kier alpha value is -0.870. The van der Waals surface area contributed by atoms with Crippen LogP contribution in [0.1, 0.15) is 0 Å². The van der Waals surface area contributed by atoms with E-state index in [2.05, 4.69) is 5.32 Å². The summed E-state index contributed by atoms with van der Waals surface area (Å²) in [6.45, 7) is 0. The molecule has 3 nitrogen and oxygen atoms in total. The molecule has 4 N–H and O–H groups in total. The molecule has 0 bridgehead atoms. The second kappa shape index (κ2) is 2.32. The molecule has 11 heavy (non-hydrogen) atoms. The van der Waals surface area contributed by atoms with Crippen molar-refractivity contribution in [1.82, 2.24) is 0 Å². The van der Waals surface area contributed by atoms with E-state index >= 15 is 0 Å². The van der Waals surface area contributed by atoms with Crippen LogP contribution in [0, 0.1) is 0 Å². The minimum atomic E-state index is -0.127. The molecule has 1 unspecified atom stereocenters. The first kappa shape index (κ1) is 6.82. The first-order chi connectivity index (χ1) is 5.27. The largest absolute Gasteiger partial charge is 0.506 e. The Balaban J connectivity index is 2.49. The monoisotopic (exact) mass is 168 g/mol. The number of nitrogens with two attached hydrogens (primary N) is 1. The van der Waals surface area contributed by atoms with Gasteiger partial charge < -0.3 is 16.2 Å². The van der Waals surface area contributed by atoms with Crippen LogP contribution in [0.15, 0.2) is 23.1 Å². The summed E-state index contributed by atoms with van der Waals surface area (Å²) in [6.07, 6.45) is 0. The lowest BCUT2D eigenvalue weighted by molar-refractivity contribution is 0.476. The van der Waals surface area contributed by atoms with Gasteiger partial charge in [-0.2, -0.15) is 0 Å². The number of fused-ring (bicyclic) bond motifs is 1. The van der Waals surface area contributed by atoms with Crippen molar-refractivity contribution < 1.29 is 5.11 Å². The van der Waals surface area contributed by atoms with Crippen LogP contribution in [0.2, 0.25) is 0 Å². The second-order valence-corrected chi connectivity index (χ2v) is 3.52. The number of phenols is 1. The summed E-state index contributed by atoms with van der Waals surface area (Å²) in [5.74, 6) is 0.267. The molecule has 0 aliphatic carbocycles. The van der Waals surface area contributed by atoms with Gasteiger partial charge in [0, 0.05) is 4.90 Å². The van der Waals surface area contributed by atoms with Gasteiger partial charge in [-0.25, -0.2) is 0 Å². The summed E-state index contributed by atoms with van der Waals surface area (Å²) in [7, 11) is 0. The van der Waals surface area contributed by atoms with Crippen LogP contribution in [0.3, 0.4) is 0 Å². The maximum Gasteiger partial charge on any atom is 0.139 e. The topological polar surface area (TPSA) is 58.3 Å². The number of benzene rings is 1. The van der Waals surface area contributed by atoms with Gasteiger partial charge in [-0.3, -0.25) is 0 Å². The van der Waals surface area contributed by atoms with Crippen LogP contribution >= 0.6 is 11.8 Å². The molecule has 0 spiro atoms. The first-order valence-corrected chi connectivity index (χ1v) is 4.16. The van der Waals surface area contributed by atoms with Gasteiger partial charge in [0.1, 0.15) is 11.2 Å². The van der Waals surface area contributed by atoms with E-state index in [1.54, 1.807) is 12.1 Å². The molecule has 1 atom stereocenters. The lowest BCUT2D eigenvalue weighted by Crippen LogP contribution is -2.20. The number of phenolic OH excluding ortho intramolecular Hbond substituents is 1. The Morgan fingerprint density at radius 3 is 3.09 bits per heavy atom. The van der Waals surface area contributed by atoms with Gasteiger partial charge in [-0.05, 0) is 12.1 Å². The fourth-order valence-electron chi connectivity index (χ4n) is 1.07. The van der Waals surface area contributed by atoms with Crippen LogP contribution in [0.4, 0.5) is 5.69 Å². The molecule has 1 aliphatic heterocycles. The number of aromatic hydroxyl groups is 1. The van der Waals surface area contributed by atoms with Crippen LogP contribution in [0.25, 0.3) is 0 Å². The summed E-state index contributed by atoms with van der Waals surface area (Å²) in [6, 6.07) is 5.38. The zero-order valence-electron chi connectivity index (χ0n) is 5.74. The van der Waals surface area contributed by atoms with E-state index in [1.807, 2.05) is 6.07 Å². The molecule has 4 heteroatoms. The molecule has 58 valence electrons. The highest BCUT2D eigenvalue weighted by atomic mass is 32.2. The predicted molar refractivity (Wildman–Crippen MR) is 45.6 cm³/mol. The Morgan fingerprint density at radius 1 is 1.55 bits per heavy atom. The molecule has 1 aromatic rings. The number of nitrogens with one attached hydrogen (secondary N) is 1. The fourth-order valence-corrected chi connectivity index (χ4v) is 1.96. The molecule has 2 rings (SSSR count). The highest BCUT2D eigenvalue weighted by Crippen LogP contribution is 2.41. The minimum absolute atomic E-state index is 0.127. The van der Waals surface area contributed by atoms with Crippen molar-refractivity contribution in [3.63, 3.8) is 0 Å². The van der Waals surface area contributed by atoms with Crippen LogP contribution in [-0.4, -0.2) is 10.6 Å². The van der Waals surface area contributed by atoms with Crippen molar-refractivity contribution >= 4 is 17.4 Å². The normalized spacial score (nSPS) is 21.0. The third-order valence-electron chi connectivity index (χ3n) is 1.54. The zero-order chi connectivity index (χ0) is 7.84. The molecule has 0 radical (unpaired) electrons. The summed E-state index contributed by atoms with van der Waals surface area (Å²) in [5.41, 5.74) is 6.22. The summed E-state index contributed by atoms with van der Waals surface area (Å²) >= 11 is 1.51. The lowest BCUT2D eigenvalue weighted by atomic mass is 10.3. The smallest absolute Gasteiger partial charge is 0.139 e. The van der Waals surface area contributed by atoms with Crippen molar-refractivity contribution in [2.75, 3.05) is 5.32 Å². The van der Waals surface area contributed by atoms with Crippen LogP contribution in [-0.2, 0) is 0 Å².